The molecule has 3 heterocycles. The summed E-state index contributed by atoms with van der Waals surface area (Å²) in [4.78, 5) is 35.4. The van der Waals surface area contributed by atoms with E-state index in [9.17, 15) is 18.0 Å². The molecule has 1 N–H and O–H groups in total. The van der Waals surface area contributed by atoms with Gasteiger partial charge in [-0.1, -0.05) is 60.1 Å². The second kappa shape index (κ2) is 17.2. The lowest BCUT2D eigenvalue weighted by Gasteiger charge is -2.40. The van der Waals surface area contributed by atoms with Crippen LogP contribution < -0.4 is 9.62 Å². The summed E-state index contributed by atoms with van der Waals surface area (Å²) in [7, 11) is -4.09. The van der Waals surface area contributed by atoms with Crippen LogP contribution in [-0.2, 0) is 27.8 Å². The molecule has 9 nitrogen and oxygen atoms in total. The summed E-state index contributed by atoms with van der Waals surface area (Å²) in [5, 5.41) is 1.69. The number of hydrogen-bond acceptors (Lipinski definition) is 8. The number of piperidine rings is 1. The topological polar surface area (TPSA) is 93.3 Å². The summed E-state index contributed by atoms with van der Waals surface area (Å²) in [6, 6.07) is 27.6. The number of thiophene rings is 1. The van der Waals surface area contributed by atoms with Gasteiger partial charge in [0.25, 0.3) is 15.9 Å². The highest BCUT2D eigenvalue weighted by Gasteiger charge is 2.35. The van der Waals surface area contributed by atoms with Gasteiger partial charge in [0, 0.05) is 86.5 Å². The number of rotatable bonds is 13. The number of halogens is 1. The molecule has 0 saturated carbocycles. The monoisotopic (exact) mass is 759 g/mol. The molecule has 2 aliphatic heterocycles. The van der Waals surface area contributed by atoms with E-state index in [2.05, 4.69) is 63.6 Å². The maximum absolute atomic E-state index is 13.5. The lowest BCUT2D eigenvalue weighted by molar-refractivity contribution is -0.132. The molecular formula is C40H46ClN5O4S2. The van der Waals surface area contributed by atoms with Crippen LogP contribution in [0.5, 0.6) is 0 Å². The Bertz CT molecular complexity index is 1920. The number of carbonyl (C=O) groups is 2. The van der Waals surface area contributed by atoms with E-state index >= 15 is 0 Å². The Morgan fingerprint density at radius 3 is 2.27 bits per heavy atom. The normalized spacial score (nSPS) is 16.7. The predicted octanol–water partition coefficient (Wildman–Crippen LogP) is 6.52. The Labute approximate surface area is 316 Å². The van der Waals surface area contributed by atoms with Crippen LogP contribution in [0.3, 0.4) is 0 Å². The molecule has 0 spiro atoms. The van der Waals surface area contributed by atoms with Gasteiger partial charge in [-0.15, -0.1) is 17.9 Å². The van der Waals surface area contributed by atoms with Gasteiger partial charge in [-0.3, -0.25) is 19.4 Å². The summed E-state index contributed by atoms with van der Waals surface area (Å²) in [5.74, 6) is -0.649. The molecule has 6 rings (SSSR count). The van der Waals surface area contributed by atoms with Crippen molar-refractivity contribution >= 4 is 50.5 Å². The Kier molecular flexibility index (Phi) is 12.5. The number of sulfonamides is 1. The molecule has 0 bridgehead atoms. The lowest BCUT2D eigenvalue weighted by atomic mass is 9.99. The minimum atomic E-state index is -4.09. The molecule has 2 saturated heterocycles. The van der Waals surface area contributed by atoms with E-state index in [1.807, 2.05) is 45.5 Å². The van der Waals surface area contributed by atoms with Crippen LogP contribution >= 0.6 is 22.9 Å². The number of amides is 2. The van der Waals surface area contributed by atoms with E-state index in [-0.39, 0.29) is 17.5 Å². The van der Waals surface area contributed by atoms with Gasteiger partial charge in [-0.05, 0) is 83.8 Å². The fourth-order valence-electron chi connectivity index (χ4n) is 7.25. The molecule has 2 amide bonds. The van der Waals surface area contributed by atoms with E-state index in [1.165, 1.54) is 22.1 Å². The molecule has 1 aromatic heterocycles. The van der Waals surface area contributed by atoms with Gasteiger partial charge >= 0.3 is 0 Å². The molecule has 1 unspecified atom stereocenters. The molecule has 12 heteroatoms. The summed E-state index contributed by atoms with van der Waals surface area (Å²) >= 11 is 7.80. The van der Waals surface area contributed by atoms with Gasteiger partial charge in [-0.2, -0.15) is 0 Å². The third-order valence-electron chi connectivity index (χ3n) is 10.1. The van der Waals surface area contributed by atoms with Crippen LogP contribution in [0.1, 0.15) is 40.6 Å². The number of nitrogens with one attached hydrogen (secondary N) is 1. The number of nitrogens with zero attached hydrogens (tertiary/aromatic N) is 4. The Hall–Kier alpha value is -4.00. The first-order valence-electron chi connectivity index (χ1n) is 17.7. The van der Waals surface area contributed by atoms with Crippen molar-refractivity contribution in [1.29, 1.82) is 0 Å². The molecule has 0 radical (unpaired) electrons. The molecule has 4 aromatic rings. The van der Waals surface area contributed by atoms with Crippen LogP contribution in [0.4, 0.5) is 5.69 Å². The summed E-state index contributed by atoms with van der Waals surface area (Å²) < 4.78 is 29.2. The zero-order chi connectivity index (χ0) is 36.7. The summed E-state index contributed by atoms with van der Waals surface area (Å²) in [5.41, 5.74) is 4.88. The summed E-state index contributed by atoms with van der Waals surface area (Å²) in [6.07, 6.45) is 3.45. The average Bonchev–Trinajstić information content (AvgIpc) is 3.67. The third-order valence-corrected chi connectivity index (χ3v) is 12.9. The number of hydrogen-bond donors (Lipinski definition) is 1. The minimum Gasteiger partial charge on any atom is -0.369 e. The van der Waals surface area contributed by atoms with Crippen LogP contribution in [0.2, 0.25) is 5.02 Å². The first kappa shape index (κ1) is 37.7. The SMILES string of the molecule is C=CC(N1CCC(N(CCc2cccs2)C(C)=O)CC1)S(=O)(=O)NC(=O)c1ccc(N2CCN(Cc3ccccc3-c3ccc(Cl)cc3)CC2)cc1. The Morgan fingerprint density at radius 1 is 0.942 bits per heavy atom. The predicted molar refractivity (Wildman–Crippen MR) is 211 cm³/mol. The summed E-state index contributed by atoms with van der Waals surface area (Å²) in [6.45, 7) is 11.2. The fourth-order valence-corrected chi connectivity index (χ4v) is 9.43. The lowest BCUT2D eigenvalue weighted by Crippen LogP contribution is -2.53. The third kappa shape index (κ3) is 9.31. The smallest absolute Gasteiger partial charge is 0.264 e. The van der Waals surface area contributed by atoms with Gasteiger partial charge < -0.3 is 9.80 Å². The van der Waals surface area contributed by atoms with Crippen molar-refractivity contribution in [3.05, 3.63) is 124 Å². The fraction of sp³-hybridized carbons (Fsp3) is 0.350. The second-order valence-electron chi connectivity index (χ2n) is 13.4. The van der Waals surface area contributed by atoms with Crippen molar-refractivity contribution in [2.45, 2.75) is 44.1 Å². The maximum atomic E-state index is 13.5. The second-order valence-corrected chi connectivity index (χ2v) is 16.6. The standard InChI is InChI=1S/C40H46ClN5O4S2/c1-3-39(45-21-18-36(19-22-45)46(30(2)47)23-20-37-8-6-28-51-37)52(49,50)42-40(48)32-12-16-35(17-13-32)44-26-24-43(25-27-44)29-33-7-4-5-9-38(33)31-10-14-34(41)15-11-31/h3-17,28,36,39H,1,18-27,29H2,2H3,(H,42,48). The van der Waals surface area contributed by atoms with Crippen LogP contribution in [0.25, 0.3) is 11.1 Å². The average molecular weight is 760 g/mol. The quantitative estimate of drug-likeness (QED) is 0.155. The van der Waals surface area contributed by atoms with Gasteiger partial charge in [0.2, 0.25) is 5.91 Å². The van der Waals surface area contributed by atoms with Crippen LogP contribution in [-0.4, -0.2) is 92.2 Å². The largest absolute Gasteiger partial charge is 0.369 e. The van der Waals surface area contributed by atoms with Crippen LogP contribution in [0, 0.1) is 0 Å². The zero-order valence-electron chi connectivity index (χ0n) is 29.5. The first-order valence-corrected chi connectivity index (χ1v) is 20.5. The molecular weight excluding hydrogens is 714 g/mol. The number of piperazine rings is 1. The first-order chi connectivity index (χ1) is 25.1. The Morgan fingerprint density at radius 2 is 1.63 bits per heavy atom. The zero-order valence-corrected chi connectivity index (χ0v) is 31.9. The van der Waals surface area contributed by atoms with E-state index in [0.717, 1.165) is 55.4 Å². The highest BCUT2D eigenvalue weighted by atomic mass is 35.5. The van der Waals surface area contributed by atoms with E-state index < -0.39 is 21.3 Å². The molecule has 2 fully saturated rings. The molecule has 2 aliphatic rings. The number of anilines is 1. The van der Waals surface area contributed by atoms with Crippen molar-refractivity contribution in [2.24, 2.45) is 0 Å². The highest BCUT2D eigenvalue weighted by Crippen LogP contribution is 2.28. The van der Waals surface area contributed by atoms with Gasteiger partial charge in [0.05, 0.1) is 0 Å². The van der Waals surface area contributed by atoms with E-state index in [0.29, 0.717) is 32.5 Å². The number of likely N-dealkylation sites (tertiary alicyclic amines) is 1. The number of benzene rings is 3. The minimum absolute atomic E-state index is 0.0239. The molecule has 0 aliphatic carbocycles. The van der Waals surface area contributed by atoms with Crippen molar-refractivity contribution in [2.75, 3.05) is 50.7 Å². The van der Waals surface area contributed by atoms with Gasteiger partial charge in [0.15, 0.2) is 5.37 Å². The van der Waals surface area contributed by atoms with Crippen molar-refractivity contribution in [1.82, 2.24) is 19.4 Å². The van der Waals surface area contributed by atoms with Crippen molar-refractivity contribution in [3.8, 4) is 11.1 Å². The molecule has 52 heavy (non-hydrogen) atoms. The molecule has 1 atom stereocenters. The van der Waals surface area contributed by atoms with Crippen molar-refractivity contribution in [3.63, 3.8) is 0 Å². The highest BCUT2D eigenvalue weighted by molar-refractivity contribution is 7.90. The molecule has 3 aromatic carbocycles. The van der Waals surface area contributed by atoms with Gasteiger partial charge in [0.1, 0.15) is 0 Å². The maximum Gasteiger partial charge on any atom is 0.264 e. The van der Waals surface area contributed by atoms with Crippen LogP contribution in [0.15, 0.2) is 103 Å². The molecule has 274 valence electrons. The van der Waals surface area contributed by atoms with Crippen molar-refractivity contribution < 1.29 is 18.0 Å². The van der Waals surface area contributed by atoms with Gasteiger partial charge in [-0.25, -0.2) is 13.1 Å². The van der Waals surface area contributed by atoms with E-state index in [1.54, 1.807) is 30.4 Å². The Balaban J connectivity index is 0.995. The number of carbonyl (C=O) groups excluding carboxylic acids is 2. The van der Waals surface area contributed by atoms with E-state index in [4.69, 9.17) is 11.6 Å².